The van der Waals surface area contributed by atoms with Crippen molar-refractivity contribution in [3.05, 3.63) is 28.8 Å². The zero-order chi connectivity index (χ0) is 17.4. The van der Waals surface area contributed by atoms with Gasteiger partial charge in [0.2, 0.25) is 0 Å². The Balaban J connectivity index is 2.39. The fourth-order valence-electron chi connectivity index (χ4n) is 2.80. The molecule has 1 aromatic carbocycles. The largest absolute Gasteiger partial charge is 0.481 e. The van der Waals surface area contributed by atoms with Gasteiger partial charge in [-0.1, -0.05) is 0 Å². The molecule has 7 heteroatoms. The topological polar surface area (TPSA) is 91.8 Å². The maximum Gasteiger partial charge on any atom is 0.308 e. The molecule has 0 aliphatic carbocycles. The number of aryl methyl sites for hydroxylation is 1. The van der Waals surface area contributed by atoms with E-state index in [1.807, 2.05) is 0 Å². The van der Waals surface area contributed by atoms with Gasteiger partial charge in [0.25, 0.3) is 5.91 Å². The third-order valence-electron chi connectivity index (χ3n) is 4.36. The van der Waals surface area contributed by atoms with Crippen LogP contribution in [0, 0.1) is 19.8 Å². The minimum atomic E-state index is -3.42. The minimum Gasteiger partial charge on any atom is -0.481 e. The van der Waals surface area contributed by atoms with Gasteiger partial charge in [-0.15, -0.1) is 0 Å². The first-order valence-electron chi connectivity index (χ1n) is 7.44. The molecular formula is C16H21NO5S. The minimum absolute atomic E-state index is 0.107. The van der Waals surface area contributed by atoms with Crippen molar-refractivity contribution in [2.75, 3.05) is 19.3 Å². The fourth-order valence-corrected chi connectivity index (χ4v) is 3.52. The highest BCUT2D eigenvalue weighted by Crippen LogP contribution is 2.24. The Hall–Kier alpha value is -1.89. The van der Waals surface area contributed by atoms with E-state index in [9.17, 15) is 18.0 Å². The summed E-state index contributed by atoms with van der Waals surface area (Å²) in [4.78, 5) is 25.5. The molecule has 23 heavy (non-hydrogen) atoms. The summed E-state index contributed by atoms with van der Waals surface area (Å²) in [5.74, 6) is -1.77. The summed E-state index contributed by atoms with van der Waals surface area (Å²) in [5, 5.41) is 9.14. The van der Waals surface area contributed by atoms with E-state index in [0.717, 1.165) is 17.4 Å². The van der Waals surface area contributed by atoms with Crippen LogP contribution in [0.25, 0.3) is 0 Å². The van der Waals surface area contributed by atoms with Gasteiger partial charge < -0.3 is 10.0 Å². The Bertz CT molecular complexity index is 754. The molecule has 1 saturated heterocycles. The van der Waals surface area contributed by atoms with Crippen molar-refractivity contribution in [3.63, 3.8) is 0 Å². The molecule has 0 saturated carbocycles. The lowest BCUT2D eigenvalue weighted by Crippen LogP contribution is -2.42. The number of carbonyl (C=O) groups excluding carboxylic acids is 1. The predicted molar refractivity (Wildman–Crippen MR) is 85.3 cm³/mol. The van der Waals surface area contributed by atoms with Gasteiger partial charge in [-0.2, -0.15) is 0 Å². The molecule has 1 aliphatic heterocycles. The van der Waals surface area contributed by atoms with Crippen LogP contribution in [0.5, 0.6) is 0 Å². The molecule has 0 aromatic heterocycles. The van der Waals surface area contributed by atoms with E-state index in [-0.39, 0.29) is 17.3 Å². The second-order valence-electron chi connectivity index (χ2n) is 6.11. The number of likely N-dealkylation sites (tertiary alicyclic amines) is 1. The van der Waals surface area contributed by atoms with E-state index >= 15 is 0 Å². The van der Waals surface area contributed by atoms with Crippen molar-refractivity contribution < 1.29 is 23.1 Å². The lowest BCUT2D eigenvalue weighted by Gasteiger charge is -2.31. The van der Waals surface area contributed by atoms with Gasteiger partial charge >= 0.3 is 5.97 Å². The first-order chi connectivity index (χ1) is 10.6. The molecule has 1 N–H and O–H groups in total. The molecule has 1 fully saturated rings. The van der Waals surface area contributed by atoms with Crippen LogP contribution in [0.2, 0.25) is 0 Å². The third kappa shape index (κ3) is 3.72. The molecule has 1 aromatic rings. The summed E-state index contributed by atoms with van der Waals surface area (Å²) in [7, 11) is -3.42. The van der Waals surface area contributed by atoms with Gasteiger partial charge in [-0.05, 0) is 49.9 Å². The maximum atomic E-state index is 12.8. The predicted octanol–water partition coefficient (Wildman–Crippen LogP) is 1.64. The number of hydrogen-bond acceptors (Lipinski definition) is 4. The van der Waals surface area contributed by atoms with Gasteiger partial charge in [-0.25, -0.2) is 8.42 Å². The number of hydrogen-bond donors (Lipinski definition) is 1. The molecule has 0 spiro atoms. The Kier molecular flexibility index (Phi) is 4.79. The van der Waals surface area contributed by atoms with Crippen LogP contribution in [0.15, 0.2) is 17.0 Å². The SMILES string of the molecule is Cc1cc(S(C)(=O)=O)cc(C(=O)N2CCCC(C(=O)O)C2)c1C. The molecule has 126 valence electrons. The number of nitrogens with zero attached hydrogens (tertiary/aromatic N) is 1. The quantitative estimate of drug-likeness (QED) is 0.904. The van der Waals surface area contributed by atoms with Crippen LogP contribution in [0.1, 0.15) is 34.3 Å². The van der Waals surface area contributed by atoms with Crippen LogP contribution in [0.3, 0.4) is 0 Å². The zero-order valence-electron chi connectivity index (χ0n) is 13.5. The highest BCUT2D eigenvalue weighted by molar-refractivity contribution is 7.90. The number of rotatable bonds is 3. The summed E-state index contributed by atoms with van der Waals surface area (Å²) < 4.78 is 23.6. The van der Waals surface area contributed by atoms with Crippen LogP contribution < -0.4 is 0 Å². The van der Waals surface area contributed by atoms with E-state index in [0.29, 0.717) is 24.9 Å². The van der Waals surface area contributed by atoms with Crippen molar-refractivity contribution in [2.24, 2.45) is 5.92 Å². The van der Waals surface area contributed by atoms with Crippen LogP contribution in [0.4, 0.5) is 0 Å². The molecule has 6 nitrogen and oxygen atoms in total. The number of carboxylic acids is 1. The smallest absolute Gasteiger partial charge is 0.308 e. The number of sulfone groups is 1. The lowest BCUT2D eigenvalue weighted by atomic mass is 9.96. The molecule has 1 unspecified atom stereocenters. The van der Waals surface area contributed by atoms with Crippen molar-refractivity contribution in [3.8, 4) is 0 Å². The molecular weight excluding hydrogens is 318 g/mol. The molecule has 0 bridgehead atoms. The van der Waals surface area contributed by atoms with E-state index in [2.05, 4.69) is 0 Å². The monoisotopic (exact) mass is 339 g/mol. The first kappa shape index (κ1) is 17.5. The Labute approximate surface area is 136 Å². The average Bonchev–Trinajstić information content (AvgIpc) is 2.48. The van der Waals surface area contributed by atoms with Crippen molar-refractivity contribution in [1.29, 1.82) is 0 Å². The van der Waals surface area contributed by atoms with Crippen LogP contribution >= 0.6 is 0 Å². The Morgan fingerprint density at radius 3 is 2.48 bits per heavy atom. The zero-order valence-corrected chi connectivity index (χ0v) is 14.3. The van der Waals surface area contributed by atoms with Gasteiger partial charge in [0.15, 0.2) is 9.84 Å². The molecule has 0 radical (unpaired) electrons. The van der Waals surface area contributed by atoms with E-state index in [1.165, 1.54) is 11.0 Å². The standard InChI is InChI=1S/C16H21NO5S/c1-10-7-13(23(3,21)22)8-14(11(10)2)15(18)17-6-4-5-12(9-17)16(19)20/h7-8,12H,4-6,9H2,1-3H3,(H,19,20). The van der Waals surface area contributed by atoms with Crippen molar-refractivity contribution in [2.45, 2.75) is 31.6 Å². The van der Waals surface area contributed by atoms with E-state index in [4.69, 9.17) is 5.11 Å². The van der Waals surface area contributed by atoms with Gasteiger partial charge in [0, 0.05) is 24.9 Å². The van der Waals surface area contributed by atoms with Gasteiger partial charge in [0.1, 0.15) is 0 Å². The Morgan fingerprint density at radius 2 is 1.91 bits per heavy atom. The fraction of sp³-hybridized carbons (Fsp3) is 0.500. The number of carboxylic acid groups (broad SMARTS) is 1. The van der Waals surface area contributed by atoms with Crippen molar-refractivity contribution >= 4 is 21.7 Å². The van der Waals surface area contributed by atoms with Gasteiger partial charge in [0.05, 0.1) is 10.8 Å². The number of aliphatic carboxylic acids is 1. The van der Waals surface area contributed by atoms with E-state index in [1.54, 1.807) is 19.9 Å². The highest BCUT2D eigenvalue weighted by atomic mass is 32.2. The molecule has 1 heterocycles. The van der Waals surface area contributed by atoms with Crippen LogP contribution in [-0.2, 0) is 14.6 Å². The normalized spacial score (nSPS) is 18.7. The number of amides is 1. The lowest BCUT2D eigenvalue weighted by molar-refractivity contribution is -0.143. The van der Waals surface area contributed by atoms with Gasteiger partial charge in [-0.3, -0.25) is 9.59 Å². The van der Waals surface area contributed by atoms with E-state index < -0.39 is 21.7 Å². The summed E-state index contributed by atoms with van der Waals surface area (Å²) in [6.45, 7) is 4.18. The van der Waals surface area contributed by atoms with Crippen molar-refractivity contribution in [1.82, 2.24) is 4.90 Å². The second-order valence-corrected chi connectivity index (χ2v) is 8.13. The number of carbonyl (C=O) groups is 2. The summed E-state index contributed by atoms with van der Waals surface area (Å²) in [6.07, 6.45) is 2.29. The summed E-state index contributed by atoms with van der Waals surface area (Å²) in [5.41, 5.74) is 1.78. The molecule has 1 amide bonds. The molecule has 2 rings (SSSR count). The maximum absolute atomic E-state index is 12.8. The number of piperidine rings is 1. The first-order valence-corrected chi connectivity index (χ1v) is 9.33. The summed E-state index contributed by atoms with van der Waals surface area (Å²) >= 11 is 0. The Morgan fingerprint density at radius 1 is 1.26 bits per heavy atom. The third-order valence-corrected chi connectivity index (χ3v) is 5.45. The number of benzene rings is 1. The van der Waals surface area contributed by atoms with Crippen LogP contribution in [-0.4, -0.2) is 49.6 Å². The second kappa shape index (κ2) is 6.31. The highest BCUT2D eigenvalue weighted by Gasteiger charge is 2.29. The molecule has 1 aliphatic rings. The molecule has 1 atom stereocenters. The average molecular weight is 339 g/mol. The summed E-state index contributed by atoms with van der Waals surface area (Å²) in [6, 6.07) is 2.95.